The van der Waals surface area contributed by atoms with E-state index in [2.05, 4.69) is 61.7 Å². The first-order valence-electron chi connectivity index (χ1n) is 18.2. The minimum Gasteiger partial charge on any atom is -0.455 e. The molecule has 0 spiro atoms. The van der Waals surface area contributed by atoms with E-state index in [0.717, 1.165) is 24.2 Å². The van der Waals surface area contributed by atoms with E-state index in [1.165, 1.54) is 56.2 Å². The summed E-state index contributed by atoms with van der Waals surface area (Å²) in [5.41, 5.74) is 13.8. The molecule has 10 rings (SSSR count). The molecule has 2 aliphatic heterocycles. The Labute approximate surface area is 369 Å². The molecule has 0 atom stereocenters. The van der Waals surface area contributed by atoms with E-state index in [1.807, 2.05) is 30.5 Å². The normalized spacial score (nSPS) is 14.1. The van der Waals surface area contributed by atoms with Crippen LogP contribution in [0.15, 0.2) is 102 Å². The molecule has 17 heteroatoms. The third-order valence-corrected chi connectivity index (χ3v) is 11.3. The number of carbonyl (C=O) groups is 2. The lowest BCUT2D eigenvalue weighted by atomic mass is 10.1. The molecular weight excluding hydrogens is 866 g/mol. The highest BCUT2D eigenvalue weighted by Gasteiger charge is 2.32. The number of ether oxygens (including phenoxy) is 2. The van der Waals surface area contributed by atoms with Crippen molar-refractivity contribution in [2.75, 3.05) is 40.6 Å². The molecular formula is C43H32Cl4N8O4S. The van der Waals surface area contributed by atoms with Gasteiger partial charge in [0.15, 0.2) is 18.6 Å². The van der Waals surface area contributed by atoms with Crippen molar-refractivity contribution in [3.05, 3.63) is 151 Å². The lowest BCUT2D eigenvalue weighted by Crippen LogP contribution is -2.39. The van der Waals surface area contributed by atoms with Crippen molar-refractivity contribution in [2.45, 2.75) is 18.0 Å². The number of hydrogen-bond donors (Lipinski definition) is 2. The summed E-state index contributed by atoms with van der Waals surface area (Å²) in [5, 5.41) is 5.19. The van der Waals surface area contributed by atoms with Crippen LogP contribution in [0.3, 0.4) is 0 Å². The lowest BCUT2D eigenvalue weighted by Gasteiger charge is -2.29. The maximum Gasteiger partial charge on any atom is 0.268 e. The summed E-state index contributed by atoms with van der Waals surface area (Å²) in [7, 11) is 0. The molecule has 4 heterocycles. The molecule has 12 nitrogen and oxygen atoms in total. The Morgan fingerprint density at radius 3 is 1.77 bits per heavy atom. The minimum atomic E-state index is -0.324. The van der Waals surface area contributed by atoms with E-state index >= 15 is 0 Å². The van der Waals surface area contributed by atoms with Gasteiger partial charge in [0.05, 0.1) is 31.5 Å². The second kappa shape index (κ2) is 17.8. The third-order valence-electron chi connectivity index (χ3n) is 9.54. The van der Waals surface area contributed by atoms with Crippen molar-refractivity contribution in [3.8, 4) is 11.8 Å². The summed E-state index contributed by atoms with van der Waals surface area (Å²) < 4.78 is 11.2. The number of nitrogens with zero attached hydrogens (tertiary/aromatic N) is 6. The molecule has 0 radical (unpaired) electrons. The first kappa shape index (κ1) is 40.9. The average Bonchev–Trinajstić information content (AvgIpc) is 3.92. The van der Waals surface area contributed by atoms with Gasteiger partial charge in [0, 0.05) is 23.8 Å². The number of fused-ring (bicyclic) bond motifs is 4. The predicted octanol–water partition coefficient (Wildman–Crippen LogP) is 10.4. The van der Waals surface area contributed by atoms with Gasteiger partial charge in [-0.05, 0) is 89.9 Å². The van der Waals surface area contributed by atoms with E-state index in [4.69, 9.17) is 61.6 Å². The fraction of sp³-hybridized carbons (Fsp3) is 0.116. The molecule has 0 unspecified atom stereocenters. The minimum absolute atomic E-state index is 0.000120. The summed E-state index contributed by atoms with van der Waals surface area (Å²) in [6, 6.07) is 22.2. The van der Waals surface area contributed by atoms with Crippen LogP contribution >= 0.6 is 58.2 Å². The van der Waals surface area contributed by atoms with Crippen LogP contribution in [0.5, 0.6) is 11.8 Å². The smallest absolute Gasteiger partial charge is 0.268 e. The molecule has 4 aliphatic rings. The molecule has 0 saturated heterocycles. The van der Waals surface area contributed by atoms with Gasteiger partial charge in [0.25, 0.3) is 11.8 Å². The van der Waals surface area contributed by atoms with Gasteiger partial charge in [0.1, 0.15) is 11.1 Å². The Morgan fingerprint density at radius 2 is 1.20 bits per heavy atom. The highest BCUT2D eigenvalue weighted by Crippen LogP contribution is 2.39. The Balaban J connectivity index is 0.000000140. The summed E-state index contributed by atoms with van der Waals surface area (Å²) in [4.78, 5) is 45.1. The van der Waals surface area contributed by atoms with Gasteiger partial charge < -0.3 is 20.5 Å². The van der Waals surface area contributed by atoms with Gasteiger partial charge in [-0.25, -0.2) is 9.97 Å². The van der Waals surface area contributed by atoms with Gasteiger partial charge in [-0.3, -0.25) is 19.4 Å². The molecule has 60 heavy (non-hydrogen) atoms. The van der Waals surface area contributed by atoms with Crippen LogP contribution in [0.2, 0.25) is 20.1 Å². The van der Waals surface area contributed by atoms with Crippen LogP contribution in [-0.4, -0.2) is 51.5 Å². The van der Waals surface area contributed by atoms with E-state index in [-0.39, 0.29) is 48.2 Å². The van der Waals surface area contributed by atoms with Crippen LogP contribution in [-0.2, 0) is 12.8 Å². The number of nitrogens with one attached hydrogen (secondary N) is 1. The first-order chi connectivity index (χ1) is 29.1. The second-order valence-electron chi connectivity index (χ2n) is 13.4. The molecule has 2 aromatic heterocycles. The number of aromatic nitrogens is 4. The van der Waals surface area contributed by atoms with Crippen molar-refractivity contribution >= 4 is 111 Å². The number of benzene rings is 4. The Morgan fingerprint density at radius 1 is 0.683 bits per heavy atom. The Hall–Kier alpha value is -5.83. The van der Waals surface area contributed by atoms with Gasteiger partial charge in [-0.1, -0.05) is 107 Å². The number of halogens is 4. The summed E-state index contributed by atoms with van der Waals surface area (Å²) >= 11 is 26.1. The van der Waals surface area contributed by atoms with Crippen LogP contribution in [0, 0.1) is 0 Å². The first-order valence-corrected chi connectivity index (χ1v) is 21.0. The number of amides is 2. The lowest BCUT2D eigenvalue weighted by molar-refractivity contribution is 0.0923. The molecule has 302 valence electrons. The van der Waals surface area contributed by atoms with Crippen molar-refractivity contribution < 1.29 is 19.1 Å². The number of thioether (sulfide) groups is 1. The summed E-state index contributed by atoms with van der Waals surface area (Å²) in [5.74, 6) is 0.226. The van der Waals surface area contributed by atoms with Gasteiger partial charge >= 0.3 is 0 Å². The Bertz CT molecular complexity index is 2690. The molecule has 3 N–H and O–H groups in total. The number of carbonyl (C=O) groups excluding carboxylic acids is 2. The van der Waals surface area contributed by atoms with E-state index < -0.39 is 0 Å². The molecule has 0 saturated carbocycles. The standard InChI is InChI=1S/C21H14Cl2N4O2.C13H9Cl2N3O2S.C9H9N/c22-16-5-2-6-17(23)18(16)27-11-29-19-15(20(27)28)10-24-21(26-19)25-14-8-7-12-3-1-4-13(12)9-14;1-21-13-16-5-7-11(17-13)20-6-18(12(7)19)10-8(14)3-2-4-9(10)15;10-9-5-4-7-2-1-3-8(7)6-9/h1-2,4-10H,3,11H2,(H,24,25,26);2-5H,6H2,1H3;1,3-6H,2,10H2. The number of hydrogen-bond acceptors (Lipinski definition) is 11. The summed E-state index contributed by atoms with van der Waals surface area (Å²) in [6.07, 6.45) is 15.2. The van der Waals surface area contributed by atoms with Crippen molar-refractivity contribution in [1.29, 1.82) is 0 Å². The zero-order chi connectivity index (χ0) is 41.9. The largest absolute Gasteiger partial charge is 0.455 e. The van der Waals surface area contributed by atoms with Gasteiger partial charge in [-0.15, -0.1) is 0 Å². The molecule has 0 bridgehead atoms. The highest BCUT2D eigenvalue weighted by atomic mass is 35.5. The highest BCUT2D eigenvalue weighted by molar-refractivity contribution is 7.98. The van der Waals surface area contributed by atoms with Crippen LogP contribution in [0.4, 0.5) is 28.7 Å². The average molecular weight is 899 g/mol. The predicted molar refractivity (Wildman–Crippen MR) is 239 cm³/mol. The van der Waals surface area contributed by atoms with Crippen LogP contribution in [0.1, 0.15) is 43.0 Å². The van der Waals surface area contributed by atoms with Crippen molar-refractivity contribution in [1.82, 2.24) is 19.9 Å². The zero-order valence-corrected chi connectivity index (χ0v) is 35.4. The van der Waals surface area contributed by atoms with Crippen molar-refractivity contribution in [3.63, 3.8) is 0 Å². The molecule has 2 aliphatic carbocycles. The van der Waals surface area contributed by atoms with Gasteiger partial charge in [-0.2, -0.15) is 9.97 Å². The number of anilines is 5. The fourth-order valence-corrected chi connectivity index (χ4v) is 8.13. The zero-order valence-electron chi connectivity index (χ0n) is 31.5. The molecule has 2 amide bonds. The van der Waals surface area contributed by atoms with E-state index in [9.17, 15) is 9.59 Å². The van der Waals surface area contributed by atoms with Crippen LogP contribution in [0.25, 0.3) is 12.2 Å². The SMILES string of the molecule is CSc1ncc2c(n1)OCN(c1c(Cl)cccc1Cl)C2=O.Nc1ccc2c(c1)C=CC2.O=C1c2cnc(Nc3ccc4c(c3)C=CC4)nc2OCN1c1c(Cl)cccc1Cl. The third kappa shape index (κ3) is 8.58. The number of allylic oxidation sites excluding steroid dienone is 2. The van der Waals surface area contributed by atoms with Gasteiger partial charge in [0.2, 0.25) is 17.7 Å². The maximum atomic E-state index is 12.9. The van der Waals surface area contributed by atoms with Crippen LogP contribution < -0.4 is 30.3 Å². The monoisotopic (exact) mass is 896 g/mol. The number of rotatable bonds is 5. The molecule has 0 fully saturated rings. The molecule has 4 aromatic carbocycles. The topological polar surface area (TPSA) is 149 Å². The summed E-state index contributed by atoms with van der Waals surface area (Å²) in [6.45, 7) is -0.0461. The van der Waals surface area contributed by atoms with Crippen molar-refractivity contribution in [2.24, 2.45) is 0 Å². The number of nitrogens with two attached hydrogens (primary N) is 1. The quantitative estimate of drug-likeness (QED) is 0.0967. The number of para-hydroxylation sites is 2. The molecule has 6 aromatic rings. The van der Waals surface area contributed by atoms with E-state index in [0.29, 0.717) is 42.6 Å². The fourth-order valence-electron chi connectivity index (χ4n) is 6.60. The second-order valence-corrected chi connectivity index (χ2v) is 15.8. The Kier molecular flexibility index (Phi) is 12.1. The number of nitrogen functional groups attached to an aromatic ring is 1. The maximum absolute atomic E-state index is 12.9. The van der Waals surface area contributed by atoms with E-state index in [1.54, 1.807) is 36.4 Å².